The summed E-state index contributed by atoms with van der Waals surface area (Å²) >= 11 is 0. The molecular formula is C11H14N2O2. The molecule has 1 aliphatic carbocycles. The summed E-state index contributed by atoms with van der Waals surface area (Å²) in [6.07, 6.45) is 7.60. The fraction of sp³-hybridized carbons (Fsp3) is 0.364. The molecule has 4 heteroatoms. The Morgan fingerprint density at radius 1 is 1.60 bits per heavy atom. The molecule has 0 radical (unpaired) electrons. The third-order valence-electron chi connectivity index (χ3n) is 2.74. The molecule has 1 heterocycles. The fourth-order valence-electron chi connectivity index (χ4n) is 2.00. The van der Waals surface area contributed by atoms with Gasteiger partial charge >= 0.3 is 0 Å². The van der Waals surface area contributed by atoms with Crippen molar-refractivity contribution in [3.63, 3.8) is 0 Å². The maximum Gasteiger partial charge on any atom is 0.174 e. The van der Waals surface area contributed by atoms with E-state index < -0.39 is 0 Å². The minimum Gasteiger partial charge on any atom is -0.390 e. The van der Waals surface area contributed by atoms with E-state index in [4.69, 9.17) is 10.8 Å². The molecule has 2 atom stereocenters. The Bertz CT molecular complexity index is 369. The zero-order chi connectivity index (χ0) is 10.8. The van der Waals surface area contributed by atoms with E-state index in [1.54, 1.807) is 6.08 Å². The number of aliphatic hydroxyl groups is 1. The first-order chi connectivity index (χ1) is 7.26. The van der Waals surface area contributed by atoms with Crippen molar-refractivity contribution >= 4 is 5.78 Å². The minimum atomic E-state index is -0.0480. The number of nitrogens with two attached hydrogens (primary N) is 1. The summed E-state index contributed by atoms with van der Waals surface area (Å²) in [5.74, 6) is 0.108. The lowest BCUT2D eigenvalue weighted by Crippen LogP contribution is -2.36. The van der Waals surface area contributed by atoms with Gasteiger partial charge in [-0.3, -0.25) is 4.79 Å². The number of hydrogen-bond acceptors (Lipinski definition) is 4. The third-order valence-corrected chi connectivity index (χ3v) is 2.74. The topological polar surface area (TPSA) is 75.4 Å². The fourth-order valence-corrected chi connectivity index (χ4v) is 2.00. The summed E-state index contributed by atoms with van der Waals surface area (Å²) in [4.78, 5) is 11.6. The number of carbonyl (C=O) groups excluding carboxylic acids is 1. The van der Waals surface area contributed by atoms with Crippen molar-refractivity contribution in [2.45, 2.75) is 6.04 Å². The van der Waals surface area contributed by atoms with Crippen LogP contribution in [-0.4, -0.2) is 30.1 Å². The monoisotopic (exact) mass is 206 g/mol. The second-order valence-corrected chi connectivity index (χ2v) is 3.68. The highest BCUT2D eigenvalue weighted by Gasteiger charge is 2.31. The molecule has 4 nitrogen and oxygen atoms in total. The highest BCUT2D eigenvalue weighted by Crippen LogP contribution is 2.27. The van der Waals surface area contributed by atoms with Crippen LogP contribution < -0.4 is 11.1 Å². The molecule has 2 unspecified atom stereocenters. The van der Waals surface area contributed by atoms with Crippen molar-refractivity contribution in [1.29, 1.82) is 0 Å². The molecule has 0 saturated carbocycles. The number of allylic oxidation sites excluding steroid dienone is 2. The highest BCUT2D eigenvalue weighted by molar-refractivity contribution is 5.98. The van der Waals surface area contributed by atoms with E-state index in [2.05, 4.69) is 5.32 Å². The summed E-state index contributed by atoms with van der Waals surface area (Å²) in [7, 11) is 0. The highest BCUT2D eigenvalue weighted by atomic mass is 16.3. The summed E-state index contributed by atoms with van der Waals surface area (Å²) in [6, 6.07) is -0.0480. The number of aliphatic hydroxyl groups excluding tert-OH is 1. The molecule has 0 amide bonds. The Labute approximate surface area is 88.2 Å². The van der Waals surface area contributed by atoms with E-state index in [-0.39, 0.29) is 30.9 Å². The molecule has 2 rings (SSSR count). The standard InChI is InChI=1S/C11H14N2O2/c12-5-10(15)9-3-1-2-7-4-8(6-14)13-11(7)9/h1-4,7,11,13-14H,5-6,12H2. The Balaban J connectivity index is 2.21. The maximum atomic E-state index is 11.6. The van der Waals surface area contributed by atoms with Crippen LogP contribution in [-0.2, 0) is 4.79 Å². The quantitative estimate of drug-likeness (QED) is 0.580. The SMILES string of the molecule is NCC(=O)C1=CC=CC2C=C(CO)NC12. The first-order valence-corrected chi connectivity index (χ1v) is 4.96. The van der Waals surface area contributed by atoms with Gasteiger partial charge in [-0.05, 0) is 0 Å². The largest absolute Gasteiger partial charge is 0.390 e. The summed E-state index contributed by atoms with van der Waals surface area (Å²) in [5.41, 5.74) is 6.81. The van der Waals surface area contributed by atoms with E-state index in [1.807, 2.05) is 18.2 Å². The van der Waals surface area contributed by atoms with Crippen LogP contribution in [0.3, 0.4) is 0 Å². The first-order valence-electron chi connectivity index (χ1n) is 4.96. The molecule has 1 aliphatic heterocycles. The average Bonchev–Trinajstić information content (AvgIpc) is 2.70. The van der Waals surface area contributed by atoms with Crippen LogP contribution in [0, 0.1) is 5.92 Å². The van der Waals surface area contributed by atoms with Gasteiger partial charge in [-0.1, -0.05) is 24.3 Å². The predicted molar refractivity (Wildman–Crippen MR) is 56.9 cm³/mol. The zero-order valence-electron chi connectivity index (χ0n) is 8.31. The number of hydrogen-bond donors (Lipinski definition) is 3. The Hall–Kier alpha value is -1.39. The molecule has 4 N–H and O–H groups in total. The zero-order valence-corrected chi connectivity index (χ0v) is 8.31. The average molecular weight is 206 g/mol. The van der Waals surface area contributed by atoms with Crippen molar-refractivity contribution in [3.05, 3.63) is 35.6 Å². The van der Waals surface area contributed by atoms with Gasteiger partial charge in [0.2, 0.25) is 0 Å². The molecule has 0 saturated heterocycles. The predicted octanol–water partition coefficient (Wildman–Crippen LogP) is -0.525. The molecule has 0 spiro atoms. The van der Waals surface area contributed by atoms with E-state index >= 15 is 0 Å². The van der Waals surface area contributed by atoms with Crippen LogP contribution in [0.25, 0.3) is 0 Å². The molecule has 2 aliphatic rings. The van der Waals surface area contributed by atoms with Crippen molar-refractivity contribution in [1.82, 2.24) is 5.32 Å². The van der Waals surface area contributed by atoms with Gasteiger partial charge in [-0.25, -0.2) is 0 Å². The summed E-state index contributed by atoms with van der Waals surface area (Å²) in [6.45, 7) is 0.00394. The van der Waals surface area contributed by atoms with Crippen LogP contribution in [0.2, 0.25) is 0 Å². The van der Waals surface area contributed by atoms with Crippen LogP contribution in [0.1, 0.15) is 0 Å². The van der Waals surface area contributed by atoms with Gasteiger partial charge in [-0.2, -0.15) is 0 Å². The number of fused-ring (bicyclic) bond motifs is 1. The number of carbonyl (C=O) groups is 1. The van der Waals surface area contributed by atoms with Crippen LogP contribution in [0.5, 0.6) is 0 Å². The molecule has 15 heavy (non-hydrogen) atoms. The normalized spacial score (nSPS) is 27.9. The number of ketones is 1. The number of nitrogens with one attached hydrogen (secondary N) is 1. The first kappa shape index (κ1) is 10.1. The maximum absolute atomic E-state index is 11.6. The lowest BCUT2D eigenvalue weighted by molar-refractivity contribution is -0.114. The van der Waals surface area contributed by atoms with Crippen LogP contribution in [0.15, 0.2) is 35.6 Å². The van der Waals surface area contributed by atoms with Gasteiger partial charge in [0, 0.05) is 17.2 Å². The van der Waals surface area contributed by atoms with Crippen LogP contribution >= 0.6 is 0 Å². The van der Waals surface area contributed by atoms with Crippen molar-refractivity contribution in [2.75, 3.05) is 13.2 Å². The van der Waals surface area contributed by atoms with Crippen LogP contribution in [0.4, 0.5) is 0 Å². The van der Waals surface area contributed by atoms with Crippen molar-refractivity contribution < 1.29 is 9.90 Å². The molecule has 0 bridgehead atoms. The summed E-state index contributed by atoms with van der Waals surface area (Å²) in [5, 5.41) is 12.1. The van der Waals surface area contributed by atoms with E-state index in [1.165, 1.54) is 0 Å². The van der Waals surface area contributed by atoms with Gasteiger partial charge in [0.05, 0.1) is 19.2 Å². The Morgan fingerprint density at radius 3 is 3.07 bits per heavy atom. The smallest absolute Gasteiger partial charge is 0.174 e. The molecule has 0 aromatic carbocycles. The minimum absolute atomic E-state index is 0.0229. The Kier molecular flexibility index (Phi) is 2.70. The molecule has 0 aromatic rings. The number of Topliss-reactive ketones (excluding diaryl/α,β-unsaturated/α-hetero) is 1. The lowest BCUT2D eigenvalue weighted by atomic mass is 9.88. The van der Waals surface area contributed by atoms with Gasteiger partial charge in [0.25, 0.3) is 0 Å². The van der Waals surface area contributed by atoms with Crippen molar-refractivity contribution in [3.8, 4) is 0 Å². The van der Waals surface area contributed by atoms with E-state index in [0.29, 0.717) is 5.57 Å². The van der Waals surface area contributed by atoms with Gasteiger partial charge < -0.3 is 16.2 Å². The van der Waals surface area contributed by atoms with Gasteiger partial charge in [0.15, 0.2) is 5.78 Å². The van der Waals surface area contributed by atoms with Gasteiger partial charge in [-0.15, -0.1) is 0 Å². The third kappa shape index (κ3) is 1.73. The van der Waals surface area contributed by atoms with Gasteiger partial charge in [0.1, 0.15) is 0 Å². The molecule has 80 valence electrons. The summed E-state index contributed by atoms with van der Waals surface area (Å²) < 4.78 is 0. The van der Waals surface area contributed by atoms with E-state index in [0.717, 1.165) is 5.70 Å². The van der Waals surface area contributed by atoms with E-state index in [9.17, 15) is 4.79 Å². The van der Waals surface area contributed by atoms with Crippen molar-refractivity contribution in [2.24, 2.45) is 11.7 Å². The molecular weight excluding hydrogens is 192 g/mol. The second kappa shape index (κ2) is 4.00. The molecule has 0 aromatic heterocycles. The molecule has 0 fully saturated rings. The second-order valence-electron chi connectivity index (χ2n) is 3.68. The lowest BCUT2D eigenvalue weighted by Gasteiger charge is -2.22. The Morgan fingerprint density at radius 2 is 2.40 bits per heavy atom. The number of rotatable bonds is 3.